The van der Waals surface area contributed by atoms with Crippen LogP contribution in [0.3, 0.4) is 0 Å². The van der Waals surface area contributed by atoms with Gasteiger partial charge in [-0.15, -0.1) is 0 Å². The van der Waals surface area contributed by atoms with E-state index < -0.39 is 5.82 Å². The first-order chi connectivity index (χ1) is 2.39. The van der Waals surface area contributed by atoms with Gasteiger partial charge < -0.3 is 0 Å². The molecule has 0 aliphatic heterocycles. The van der Waals surface area contributed by atoms with E-state index in [1.807, 2.05) is 0 Å². The zero-order valence-corrected chi connectivity index (χ0v) is 4.55. The summed E-state index contributed by atoms with van der Waals surface area (Å²) in [6.07, 6.45) is 0. The van der Waals surface area contributed by atoms with Crippen LogP contribution in [-0.4, -0.2) is 0 Å². The fourth-order valence-corrected chi connectivity index (χ4v) is 0.0618. The third kappa shape index (κ3) is 0.862. The van der Waals surface area contributed by atoms with Gasteiger partial charge in [0.2, 0.25) is 0 Å². The maximum atomic E-state index is 9.33. The fourth-order valence-electron chi connectivity index (χ4n) is 0.0618. The van der Waals surface area contributed by atoms with Gasteiger partial charge >= 0.3 is 5.82 Å². The maximum absolute atomic E-state index is 9.33. The second-order valence-electron chi connectivity index (χ2n) is 0.485. The molecule has 1 aromatic heterocycles. The summed E-state index contributed by atoms with van der Waals surface area (Å²) in [4.78, 5) is 9.33. The van der Waals surface area contributed by atoms with Crippen LogP contribution in [0.1, 0.15) is 0 Å². The van der Waals surface area contributed by atoms with Gasteiger partial charge in [-0.1, -0.05) is 4.74 Å². The number of rotatable bonds is 0. The molecule has 6 heavy (non-hydrogen) atoms. The van der Waals surface area contributed by atoms with E-state index in [0.29, 0.717) is 0 Å². The fraction of sp³-hybridized carbons (Fsp3) is 0. The van der Waals surface area contributed by atoms with Crippen LogP contribution >= 0.6 is 0 Å². The van der Waals surface area contributed by atoms with Crippen LogP contribution in [0.4, 0.5) is 0 Å². The van der Waals surface area contributed by atoms with Crippen molar-refractivity contribution in [2.24, 2.45) is 0 Å². The van der Waals surface area contributed by atoms with Gasteiger partial charge in [0, 0.05) is 21.1 Å². The minimum Gasteiger partial charge on any atom is -0.197 e. The Morgan fingerprint density at radius 1 is 1.33 bits per heavy atom. The second-order valence-corrected chi connectivity index (χ2v) is 0.485. The van der Waals surface area contributed by atoms with Crippen LogP contribution in [0.25, 0.3) is 0 Å². The molecule has 1 aromatic rings. The Hall–Kier alpha value is -0.242. The average Bonchev–Trinajstić information content (AvgIpc) is 1.30. The van der Waals surface area contributed by atoms with Crippen LogP contribution in [-0.2, 0) is 21.1 Å². The van der Waals surface area contributed by atoms with E-state index in [4.69, 9.17) is 0 Å². The second kappa shape index (κ2) is 2.03. The summed E-state index contributed by atoms with van der Waals surface area (Å²) < 4.78 is 10.6. The Morgan fingerprint density at radius 2 is 1.67 bits per heavy atom. The largest absolute Gasteiger partial charge is 0.597 e. The molecule has 0 amide bonds. The molecular weight excluding hydrogens is 172 g/mol. The van der Waals surface area contributed by atoms with E-state index in [0.717, 1.165) is 0 Å². The third-order valence-electron chi connectivity index (χ3n) is 0.204. The monoisotopic (exact) mass is 174 g/mol. The molecule has 0 aliphatic carbocycles. The summed E-state index contributed by atoms with van der Waals surface area (Å²) in [6.45, 7) is 0. The van der Waals surface area contributed by atoms with E-state index in [2.05, 4.69) is 13.9 Å². The molecule has 0 saturated heterocycles. The predicted octanol–water partition coefficient (Wildman–Crippen LogP) is -0.177. The van der Waals surface area contributed by atoms with Gasteiger partial charge in [-0.05, 0) is 0 Å². The van der Waals surface area contributed by atoms with Gasteiger partial charge in [0.05, 0.1) is 0 Å². The van der Waals surface area contributed by atoms with Gasteiger partial charge in [-0.2, -0.15) is 13.9 Å². The summed E-state index contributed by atoms with van der Waals surface area (Å²) in [7, 11) is 0. The van der Waals surface area contributed by atoms with Crippen molar-refractivity contribution < 1.29 is 35.0 Å². The van der Waals surface area contributed by atoms with Crippen molar-refractivity contribution in [3.8, 4) is 0 Å². The molecule has 0 aromatic carbocycles. The van der Waals surface area contributed by atoms with E-state index in [9.17, 15) is 4.79 Å². The van der Waals surface area contributed by atoms with Crippen molar-refractivity contribution in [1.82, 2.24) is 0 Å². The summed E-state index contributed by atoms with van der Waals surface area (Å²) in [5, 5.41) is 0. The van der Waals surface area contributed by atoms with Crippen molar-refractivity contribution in [1.29, 1.82) is 0 Å². The Morgan fingerprint density at radius 3 is 1.67 bits per heavy atom. The van der Waals surface area contributed by atoms with E-state index in [-0.39, 0.29) is 21.1 Å². The molecule has 34 valence electrons. The Balaban J connectivity index is 0.000000250. The van der Waals surface area contributed by atoms with Crippen LogP contribution in [0.15, 0.2) is 18.7 Å². The molecule has 0 fully saturated rings. The molecule has 1 rings (SSSR count). The van der Waals surface area contributed by atoms with Crippen molar-refractivity contribution in [3.05, 3.63) is 10.6 Å². The standard InChI is InChI=1S/CO4.Mo/c2-1-3-5-4-1;. The first kappa shape index (κ1) is 5.76. The van der Waals surface area contributed by atoms with E-state index >= 15 is 0 Å². The molecule has 0 bridgehead atoms. The summed E-state index contributed by atoms with van der Waals surface area (Å²) in [5.41, 5.74) is 0. The summed E-state index contributed by atoms with van der Waals surface area (Å²) in [6, 6.07) is 0. The average molecular weight is 172 g/mol. The molecule has 5 heteroatoms. The molecule has 0 aliphatic rings. The first-order valence-electron chi connectivity index (χ1n) is 0.946. The van der Waals surface area contributed by atoms with E-state index in [1.165, 1.54) is 0 Å². The molecule has 0 radical (unpaired) electrons. The third-order valence-corrected chi connectivity index (χ3v) is 0.204. The molecular formula is CMoO4. The smallest absolute Gasteiger partial charge is 0.197 e. The Kier molecular flexibility index (Phi) is 1.95. The van der Waals surface area contributed by atoms with Crippen molar-refractivity contribution in [3.63, 3.8) is 0 Å². The van der Waals surface area contributed by atoms with E-state index in [1.54, 1.807) is 0 Å². The molecule has 0 atom stereocenters. The zero-order valence-electron chi connectivity index (χ0n) is 2.54. The van der Waals surface area contributed by atoms with Gasteiger partial charge in [0.25, 0.3) is 0 Å². The van der Waals surface area contributed by atoms with Gasteiger partial charge in [-0.25, -0.2) is 0 Å². The molecule has 0 saturated carbocycles. The zero-order chi connectivity index (χ0) is 3.70. The minimum atomic E-state index is -0.787. The first-order valence-corrected chi connectivity index (χ1v) is 0.946. The van der Waals surface area contributed by atoms with Crippen molar-refractivity contribution in [2.45, 2.75) is 0 Å². The van der Waals surface area contributed by atoms with Crippen LogP contribution in [0.5, 0.6) is 0 Å². The maximum Gasteiger partial charge on any atom is 0.597 e. The molecule has 4 nitrogen and oxygen atoms in total. The Bertz CT molecular complexity index is 122. The van der Waals surface area contributed by atoms with Gasteiger partial charge in [-0.3, -0.25) is 0 Å². The summed E-state index contributed by atoms with van der Waals surface area (Å²) in [5.74, 6) is -0.787. The molecule has 1 heterocycles. The number of hydrogen-bond acceptors (Lipinski definition) is 4. The van der Waals surface area contributed by atoms with Crippen LogP contribution in [0.2, 0.25) is 0 Å². The minimum absolute atomic E-state index is 0. The van der Waals surface area contributed by atoms with Gasteiger partial charge in [0.1, 0.15) is 0 Å². The van der Waals surface area contributed by atoms with Crippen molar-refractivity contribution in [2.75, 3.05) is 0 Å². The predicted molar refractivity (Wildman–Crippen MR) is 9.51 cm³/mol. The Labute approximate surface area is 46.2 Å². The summed E-state index contributed by atoms with van der Waals surface area (Å²) >= 11 is 0. The normalized spacial score (nSPS) is 7.33. The molecule has 0 spiro atoms. The topological polar surface area (TPSA) is 56.5 Å². The quantitative estimate of drug-likeness (QED) is 0.402. The van der Waals surface area contributed by atoms with Gasteiger partial charge in [0.15, 0.2) is 0 Å². The molecule has 0 N–H and O–H groups in total. The van der Waals surface area contributed by atoms with Crippen LogP contribution in [0, 0.1) is 0 Å². The number of hydrogen-bond donors (Lipinski definition) is 0. The molecule has 0 unspecified atom stereocenters. The SMILES string of the molecule is O=c1ooo1.[Mo]. The van der Waals surface area contributed by atoms with Crippen LogP contribution < -0.4 is 5.82 Å². The van der Waals surface area contributed by atoms with Crippen molar-refractivity contribution >= 4 is 0 Å².